The second-order valence-corrected chi connectivity index (χ2v) is 6.43. The molecule has 3 rings (SSSR count). The first-order chi connectivity index (χ1) is 11.5. The summed E-state index contributed by atoms with van der Waals surface area (Å²) in [6.45, 7) is 5.95. The van der Waals surface area contributed by atoms with Gasteiger partial charge < -0.3 is 5.32 Å². The van der Waals surface area contributed by atoms with Crippen molar-refractivity contribution in [2.75, 3.05) is 5.32 Å². The molecule has 3 aromatic rings. The summed E-state index contributed by atoms with van der Waals surface area (Å²) in [5.74, 6) is -0.0935. The molecule has 0 bridgehead atoms. The van der Waals surface area contributed by atoms with Crippen LogP contribution in [0.15, 0.2) is 42.5 Å². The van der Waals surface area contributed by atoms with Gasteiger partial charge in [-0.3, -0.25) is 9.78 Å². The Morgan fingerprint density at radius 1 is 1.12 bits per heavy atom. The fourth-order valence-corrected chi connectivity index (χ4v) is 3.19. The molecule has 0 saturated carbocycles. The van der Waals surface area contributed by atoms with E-state index in [1.54, 1.807) is 0 Å². The highest BCUT2D eigenvalue weighted by Crippen LogP contribution is 2.25. The summed E-state index contributed by atoms with van der Waals surface area (Å²) in [5.41, 5.74) is 5.60. The van der Waals surface area contributed by atoms with Crippen LogP contribution >= 0.6 is 11.6 Å². The van der Waals surface area contributed by atoms with Gasteiger partial charge in [0.25, 0.3) is 0 Å². The lowest BCUT2D eigenvalue weighted by Gasteiger charge is -2.13. The average Bonchev–Trinajstić information content (AvgIpc) is 2.54. The molecule has 0 aliphatic heterocycles. The van der Waals surface area contributed by atoms with E-state index in [2.05, 4.69) is 10.3 Å². The molecule has 0 atom stereocenters. The summed E-state index contributed by atoms with van der Waals surface area (Å²) in [6, 6.07) is 13.6. The Kier molecular flexibility index (Phi) is 4.54. The second-order valence-electron chi connectivity index (χ2n) is 6.03. The van der Waals surface area contributed by atoms with Crippen LogP contribution in [0, 0.1) is 20.8 Å². The number of pyridine rings is 1. The maximum atomic E-state index is 12.5. The van der Waals surface area contributed by atoms with Crippen LogP contribution in [-0.2, 0) is 11.2 Å². The van der Waals surface area contributed by atoms with Gasteiger partial charge in [-0.2, -0.15) is 0 Å². The molecule has 1 aromatic heterocycles. The van der Waals surface area contributed by atoms with Crippen LogP contribution in [0.2, 0.25) is 5.02 Å². The van der Waals surface area contributed by atoms with E-state index in [1.807, 2.05) is 63.2 Å². The van der Waals surface area contributed by atoms with Crippen molar-refractivity contribution < 1.29 is 4.79 Å². The lowest BCUT2D eigenvalue weighted by molar-refractivity contribution is -0.115. The summed E-state index contributed by atoms with van der Waals surface area (Å²) in [5, 5.41) is 4.52. The Morgan fingerprint density at radius 3 is 2.62 bits per heavy atom. The predicted octanol–water partition coefficient (Wildman–Crippen LogP) is 4.99. The minimum atomic E-state index is -0.0935. The monoisotopic (exact) mass is 338 g/mol. The first-order valence-electron chi connectivity index (χ1n) is 7.86. The molecule has 1 amide bonds. The summed E-state index contributed by atoms with van der Waals surface area (Å²) in [4.78, 5) is 17.1. The van der Waals surface area contributed by atoms with Gasteiger partial charge in [0.15, 0.2) is 0 Å². The van der Waals surface area contributed by atoms with Gasteiger partial charge in [0.05, 0.1) is 22.6 Å². The average molecular weight is 339 g/mol. The number of amides is 1. The van der Waals surface area contributed by atoms with Gasteiger partial charge in [-0.1, -0.05) is 35.9 Å². The first kappa shape index (κ1) is 16.5. The third-order valence-electron chi connectivity index (χ3n) is 4.22. The van der Waals surface area contributed by atoms with Crippen LogP contribution in [0.4, 0.5) is 5.69 Å². The third kappa shape index (κ3) is 3.26. The number of aryl methyl sites for hydroxylation is 3. The van der Waals surface area contributed by atoms with Gasteiger partial charge in [0.1, 0.15) is 0 Å². The van der Waals surface area contributed by atoms with E-state index in [-0.39, 0.29) is 12.3 Å². The molecule has 0 spiro atoms. The molecule has 0 saturated heterocycles. The largest absolute Gasteiger partial charge is 0.324 e. The van der Waals surface area contributed by atoms with E-state index in [0.29, 0.717) is 10.7 Å². The first-order valence-corrected chi connectivity index (χ1v) is 8.24. The number of fused-ring (bicyclic) bond motifs is 1. The van der Waals surface area contributed by atoms with Gasteiger partial charge >= 0.3 is 0 Å². The molecule has 1 heterocycles. The Labute approximate surface area is 146 Å². The van der Waals surface area contributed by atoms with Crippen LogP contribution in [-0.4, -0.2) is 10.9 Å². The zero-order valence-corrected chi connectivity index (χ0v) is 14.7. The molecular weight excluding hydrogens is 320 g/mol. The fraction of sp³-hybridized carbons (Fsp3) is 0.200. The minimum absolute atomic E-state index is 0.0935. The highest BCUT2D eigenvalue weighted by Gasteiger charge is 2.14. The number of aromatic nitrogens is 1. The maximum absolute atomic E-state index is 12.5. The van der Waals surface area contributed by atoms with Crippen molar-refractivity contribution in [1.82, 2.24) is 4.98 Å². The Bertz CT molecular complexity index is 934. The SMILES string of the molecule is Cc1ccc(NC(=O)Cc2c(C)nc3ccccc3c2C)c(Cl)c1. The van der Waals surface area contributed by atoms with Crippen molar-refractivity contribution in [2.24, 2.45) is 0 Å². The number of hydrogen-bond donors (Lipinski definition) is 1. The lowest BCUT2D eigenvalue weighted by Crippen LogP contribution is -2.16. The van der Waals surface area contributed by atoms with Gasteiger partial charge in [-0.15, -0.1) is 0 Å². The van der Waals surface area contributed by atoms with Gasteiger partial charge in [0.2, 0.25) is 5.91 Å². The van der Waals surface area contributed by atoms with E-state index >= 15 is 0 Å². The van der Waals surface area contributed by atoms with Crippen molar-refractivity contribution >= 4 is 34.1 Å². The number of hydrogen-bond acceptors (Lipinski definition) is 2. The molecule has 122 valence electrons. The molecule has 0 radical (unpaired) electrons. The molecule has 2 aromatic carbocycles. The van der Waals surface area contributed by atoms with Crippen molar-refractivity contribution in [3.63, 3.8) is 0 Å². The quantitative estimate of drug-likeness (QED) is 0.730. The standard InChI is InChI=1S/C20H19ClN2O/c1-12-8-9-19(17(21)10-12)23-20(24)11-16-13(2)15-6-4-5-7-18(15)22-14(16)3/h4-10H,11H2,1-3H3,(H,23,24). The Balaban J connectivity index is 1.88. The summed E-state index contributed by atoms with van der Waals surface area (Å²) in [6.07, 6.45) is 0.277. The number of rotatable bonds is 3. The van der Waals surface area contributed by atoms with Gasteiger partial charge in [-0.05, 0) is 55.7 Å². The van der Waals surface area contributed by atoms with Gasteiger partial charge in [-0.25, -0.2) is 0 Å². The fourth-order valence-electron chi connectivity index (χ4n) is 2.91. The number of halogens is 1. The van der Waals surface area contributed by atoms with Crippen molar-refractivity contribution in [1.29, 1.82) is 0 Å². The molecular formula is C20H19ClN2O. The molecule has 1 N–H and O–H groups in total. The zero-order valence-electron chi connectivity index (χ0n) is 14.0. The number of benzene rings is 2. The van der Waals surface area contributed by atoms with Gasteiger partial charge in [0, 0.05) is 11.1 Å². The number of carbonyl (C=O) groups excluding carboxylic acids is 1. The smallest absolute Gasteiger partial charge is 0.228 e. The number of anilines is 1. The van der Waals surface area contributed by atoms with Crippen LogP contribution in [0.5, 0.6) is 0 Å². The normalized spacial score (nSPS) is 10.8. The third-order valence-corrected chi connectivity index (χ3v) is 4.53. The second kappa shape index (κ2) is 6.62. The molecule has 0 aliphatic rings. The summed E-state index contributed by atoms with van der Waals surface area (Å²) >= 11 is 6.19. The highest BCUT2D eigenvalue weighted by atomic mass is 35.5. The summed E-state index contributed by atoms with van der Waals surface area (Å²) < 4.78 is 0. The predicted molar refractivity (Wildman–Crippen MR) is 99.7 cm³/mol. The molecule has 3 nitrogen and oxygen atoms in total. The van der Waals surface area contributed by atoms with E-state index in [4.69, 9.17) is 11.6 Å². The van der Waals surface area contributed by atoms with Crippen LogP contribution in [0.3, 0.4) is 0 Å². The zero-order chi connectivity index (χ0) is 17.3. The van der Waals surface area contributed by atoms with Crippen LogP contribution < -0.4 is 5.32 Å². The molecule has 4 heteroatoms. The Morgan fingerprint density at radius 2 is 1.88 bits per heavy atom. The number of carbonyl (C=O) groups is 1. The van der Waals surface area contributed by atoms with Crippen LogP contribution in [0.1, 0.15) is 22.4 Å². The molecule has 0 fully saturated rings. The van der Waals surface area contributed by atoms with Crippen molar-refractivity contribution in [3.8, 4) is 0 Å². The molecule has 0 aliphatic carbocycles. The van der Waals surface area contributed by atoms with E-state index in [9.17, 15) is 4.79 Å². The highest BCUT2D eigenvalue weighted by molar-refractivity contribution is 6.33. The van der Waals surface area contributed by atoms with Crippen LogP contribution in [0.25, 0.3) is 10.9 Å². The van der Waals surface area contributed by atoms with E-state index < -0.39 is 0 Å². The molecule has 0 unspecified atom stereocenters. The van der Waals surface area contributed by atoms with E-state index in [1.165, 1.54) is 0 Å². The van der Waals surface area contributed by atoms with Crippen molar-refractivity contribution in [3.05, 3.63) is 69.9 Å². The number of nitrogens with zero attached hydrogens (tertiary/aromatic N) is 1. The lowest BCUT2D eigenvalue weighted by atomic mass is 9.99. The van der Waals surface area contributed by atoms with E-state index in [0.717, 1.165) is 33.3 Å². The maximum Gasteiger partial charge on any atom is 0.228 e. The summed E-state index contributed by atoms with van der Waals surface area (Å²) in [7, 11) is 0. The number of para-hydroxylation sites is 1. The molecule has 24 heavy (non-hydrogen) atoms. The Hall–Kier alpha value is -2.39. The minimum Gasteiger partial charge on any atom is -0.324 e. The number of nitrogens with one attached hydrogen (secondary N) is 1. The topological polar surface area (TPSA) is 42.0 Å². The van der Waals surface area contributed by atoms with Crippen molar-refractivity contribution in [2.45, 2.75) is 27.2 Å².